The van der Waals surface area contributed by atoms with Crippen molar-refractivity contribution in [1.29, 1.82) is 0 Å². The van der Waals surface area contributed by atoms with Crippen molar-refractivity contribution < 1.29 is 8.42 Å². The maximum Gasteiger partial charge on any atom is 0.232 e. The zero-order valence-corrected chi connectivity index (χ0v) is 14.0. The molecule has 0 saturated carbocycles. The molecule has 1 aromatic carbocycles. The Morgan fingerprint density at radius 2 is 2.11 bits per heavy atom. The molecular weight excluding hydrogens is 348 g/mol. The quantitative estimate of drug-likeness (QED) is 0.761. The van der Waals surface area contributed by atoms with Crippen LogP contribution in [0.15, 0.2) is 22.7 Å². The van der Waals surface area contributed by atoms with Gasteiger partial charge in [-0.05, 0) is 30.5 Å². The Balaban J connectivity index is 2.96. The van der Waals surface area contributed by atoms with Crippen molar-refractivity contribution in [3.05, 3.63) is 28.2 Å². The molecule has 0 bridgehead atoms. The van der Waals surface area contributed by atoms with Crippen molar-refractivity contribution in [3.8, 4) is 0 Å². The van der Waals surface area contributed by atoms with Crippen LogP contribution >= 0.6 is 28.1 Å². The summed E-state index contributed by atoms with van der Waals surface area (Å²) in [7, 11) is -3.38. The lowest BCUT2D eigenvalue weighted by atomic mass is 10.2. The second-order valence-electron chi connectivity index (χ2n) is 4.66. The molecule has 106 valence electrons. The van der Waals surface area contributed by atoms with Crippen molar-refractivity contribution in [1.82, 2.24) is 0 Å². The van der Waals surface area contributed by atoms with E-state index in [-0.39, 0.29) is 10.7 Å². The normalized spacial score (nSPS) is 11.6. The molecule has 0 atom stereocenters. The van der Waals surface area contributed by atoms with Crippen LogP contribution in [0.2, 0.25) is 0 Å². The first-order valence-electron chi connectivity index (χ1n) is 5.81. The summed E-state index contributed by atoms with van der Waals surface area (Å²) in [4.78, 5) is 0.155. The number of rotatable bonds is 6. The van der Waals surface area contributed by atoms with Gasteiger partial charge in [0.05, 0.1) is 11.4 Å². The predicted molar refractivity (Wildman–Crippen MR) is 86.9 cm³/mol. The fraction of sp³-hybridized carbons (Fsp3) is 0.417. The third-order valence-electron chi connectivity index (χ3n) is 2.48. The van der Waals surface area contributed by atoms with Crippen LogP contribution in [-0.2, 0) is 10.0 Å². The average Bonchev–Trinajstić information content (AvgIpc) is 2.28. The zero-order chi connectivity index (χ0) is 14.6. The highest BCUT2D eigenvalue weighted by Crippen LogP contribution is 2.22. The van der Waals surface area contributed by atoms with Crippen LogP contribution in [0.25, 0.3) is 0 Å². The maximum absolute atomic E-state index is 12.0. The second-order valence-corrected chi connectivity index (χ2v) is 7.85. The fourth-order valence-electron chi connectivity index (χ4n) is 1.42. The van der Waals surface area contributed by atoms with E-state index in [4.69, 9.17) is 18.0 Å². The SMILES string of the molecule is CC(C)CCS(=O)(=O)Nc1ccc(Br)cc1C(N)=S. The number of anilines is 1. The number of nitrogens with one attached hydrogen (secondary N) is 1. The Morgan fingerprint density at radius 3 is 2.63 bits per heavy atom. The molecule has 0 aliphatic rings. The Bertz CT molecular complexity index is 571. The van der Waals surface area contributed by atoms with E-state index in [2.05, 4.69) is 20.7 Å². The number of nitrogens with two attached hydrogens (primary N) is 1. The van der Waals surface area contributed by atoms with Gasteiger partial charge in [-0.15, -0.1) is 0 Å². The van der Waals surface area contributed by atoms with Gasteiger partial charge in [0.1, 0.15) is 4.99 Å². The first-order chi connectivity index (χ1) is 8.71. The molecule has 4 nitrogen and oxygen atoms in total. The van der Waals surface area contributed by atoms with Gasteiger partial charge < -0.3 is 5.73 Å². The highest BCUT2D eigenvalue weighted by Gasteiger charge is 2.15. The van der Waals surface area contributed by atoms with E-state index >= 15 is 0 Å². The summed E-state index contributed by atoms with van der Waals surface area (Å²) >= 11 is 8.23. The van der Waals surface area contributed by atoms with Crippen LogP contribution in [0.5, 0.6) is 0 Å². The largest absolute Gasteiger partial charge is 0.389 e. The Morgan fingerprint density at radius 1 is 1.47 bits per heavy atom. The molecule has 19 heavy (non-hydrogen) atoms. The summed E-state index contributed by atoms with van der Waals surface area (Å²) in [6.45, 7) is 3.96. The number of hydrogen-bond acceptors (Lipinski definition) is 3. The van der Waals surface area contributed by atoms with E-state index in [1.165, 1.54) is 0 Å². The smallest absolute Gasteiger partial charge is 0.232 e. The second kappa shape index (κ2) is 6.67. The monoisotopic (exact) mass is 364 g/mol. The summed E-state index contributed by atoms with van der Waals surface area (Å²) in [5.41, 5.74) is 6.53. The molecular formula is C12H17BrN2O2S2. The van der Waals surface area contributed by atoms with Crippen LogP contribution in [0.4, 0.5) is 5.69 Å². The zero-order valence-electron chi connectivity index (χ0n) is 10.8. The van der Waals surface area contributed by atoms with Gasteiger partial charge in [0.2, 0.25) is 10.0 Å². The molecule has 0 aromatic heterocycles. The first-order valence-corrected chi connectivity index (χ1v) is 8.66. The van der Waals surface area contributed by atoms with Gasteiger partial charge in [-0.3, -0.25) is 4.72 Å². The minimum atomic E-state index is -3.38. The van der Waals surface area contributed by atoms with Gasteiger partial charge in [-0.2, -0.15) is 0 Å². The molecule has 0 amide bonds. The summed E-state index contributed by atoms with van der Waals surface area (Å²) in [5.74, 6) is 0.411. The lowest BCUT2D eigenvalue weighted by Gasteiger charge is -2.13. The molecule has 0 saturated heterocycles. The molecule has 0 aliphatic carbocycles. The number of halogens is 1. The lowest BCUT2D eigenvalue weighted by molar-refractivity contribution is 0.578. The van der Waals surface area contributed by atoms with Gasteiger partial charge in [0.15, 0.2) is 0 Å². The molecule has 1 aromatic rings. The van der Waals surface area contributed by atoms with E-state index < -0.39 is 10.0 Å². The predicted octanol–water partition coefficient (Wildman–Crippen LogP) is 2.87. The lowest BCUT2D eigenvalue weighted by Crippen LogP contribution is -2.21. The highest BCUT2D eigenvalue weighted by atomic mass is 79.9. The molecule has 0 fully saturated rings. The summed E-state index contributed by atoms with van der Waals surface area (Å²) in [5, 5.41) is 0. The van der Waals surface area contributed by atoms with Crippen LogP contribution in [-0.4, -0.2) is 19.2 Å². The molecule has 0 unspecified atom stereocenters. The molecule has 7 heteroatoms. The van der Waals surface area contributed by atoms with E-state index in [1.54, 1.807) is 18.2 Å². The molecule has 3 N–H and O–H groups in total. The van der Waals surface area contributed by atoms with Gasteiger partial charge in [-0.1, -0.05) is 42.0 Å². The minimum Gasteiger partial charge on any atom is -0.389 e. The van der Waals surface area contributed by atoms with Crippen molar-refractivity contribution in [2.75, 3.05) is 10.5 Å². The van der Waals surface area contributed by atoms with E-state index in [1.807, 2.05) is 13.8 Å². The standard InChI is InChI=1S/C12H17BrN2O2S2/c1-8(2)5-6-19(16,17)15-11-4-3-9(13)7-10(11)12(14)18/h3-4,7-8,15H,5-6H2,1-2H3,(H2,14,18). The van der Waals surface area contributed by atoms with Crippen LogP contribution in [0.3, 0.4) is 0 Å². The van der Waals surface area contributed by atoms with Gasteiger partial charge in [-0.25, -0.2) is 8.42 Å². The first kappa shape index (κ1) is 16.4. The Labute approximate surface area is 127 Å². The molecule has 0 heterocycles. The van der Waals surface area contributed by atoms with Crippen molar-refractivity contribution in [2.24, 2.45) is 11.7 Å². The highest BCUT2D eigenvalue weighted by molar-refractivity contribution is 9.10. The van der Waals surface area contributed by atoms with Crippen LogP contribution in [0.1, 0.15) is 25.8 Å². The third kappa shape index (κ3) is 5.46. The molecule has 1 rings (SSSR count). The van der Waals surface area contributed by atoms with Gasteiger partial charge in [0, 0.05) is 10.0 Å². The van der Waals surface area contributed by atoms with Crippen LogP contribution < -0.4 is 10.5 Å². The summed E-state index contributed by atoms with van der Waals surface area (Å²) in [6.07, 6.45) is 0.605. The topological polar surface area (TPSA) is 72.2 Å². The van der Waals surface area contributed by atoms with E-state index in [0.717, 1.165) is 4.47 Å². The molecule has 0 aliphatic heterocycles. The third-order valence-corrected chi connectivity index (χ3v) is 4.49. The van der Waals surface area contributed by atoms with E-state index in [0.29, 0.717) is 23.6 Å². The Hall–Kier alpha value is -0.660. The van der Waals surface area contributed by atoms with Crippen molar-refractivity contribution in [3.63, 3.8) is 0 Å². The summed E-state index contributed by atoms with van der Waals surface area (Å²) < 4.78 is 27.2. The molecule has 0 spiro atoms. The van der Waals surface area contributed by atoms with Crippen molar-refractivity contribution in [2.45, 2.75) is 20.3 Å². The minimum absolute atomic E-state index is 0.0809. The summed E-state index contributed by atoms with van der Waals surface area (Å²) in [6, 6.07) is 5.08. The number of benzene rings is 1. The molecule has 0 radical (unpaired) electrons. The fourth-order valence-corrected chi connectivity index (χ4v) is 3.35. The van der Waals surface area contributed by atoms with Crippen LogP contribution in [0, 0.1) is 5.92 Å². The Kier molecular flexibility index (Phi) is 5.76. The number of hydrogen-bond donors (Lipinski definition) is 2. The number of sulfonamides is 1. The van der Waals surface area contributed by atoms with E-state index in [9.17, 15) is 8.42 Å². The van der Waals surface area contributed by atoms with Gasteiger partial charge in [0.25, 0.3) is 0 Å². The maximum atomic E-state index is 12.0. The van der Waals surface area contributed by atoms with Crippen molar-refractivity contribution >= 4 is 48.8 Å². The van der Waals surface area contributed by atoms with Gasteiger partial charge >= 0.3 is 0 Å². The number of thiocarbonyl (C=S) groups is 1. The average molecular weight is 365 g/mol.